The van der Waals surface area contributed by atoms with Crippen LogP contribution in [0.1, 0.15) is 16.8 Å². The first-order valence-electron chi connectivity index (χ1n) is 3.70. The number of rotatable bonds is 3. The van der Waals surface area contributed by atoms with Gasteiger partial charge in [-0.2, -0.15) is 0 Å². The summed E-state index contributed by atoms with van der Waals surface area (Å²) in [5, 5.41) is 0.512. The van der Waals surface area contributed by atoms with E-state index in [4.69, 9.17) is 11.6 Å². The molecular weight excluding hydrogens is 258 g/mol. The molecule has 1 aromatic rings. The second-order valence-electron chi connectivity index (χ2n) is 2.46. The van der Waals surface area contributed by atoms with Crippen molar-refractivity contribution >= 4 is 33.3 Å². The molecule has 0 amide bonds. The highest BCUT2D eigenvalue weighted by Gasteiger charge is 2.12. The summed E-state index contributed by atoms with van der Waals surface area (Å²) in [6.07, 6.45) is 0.275. The molecule has 0 atom stereocenters. The summed E-state index contributed by atoms with van der Waals surface area (Å²) in [4.78, 5) is 11.3. The SMILES string of the molecule is O=C(CCBr)c1cccc(Cl)c1F. The summed E-state index contributed by atoms with van der Waals surface area (Å²) in [6.45, 7) is 0. The van der Waals surface area contributed by atoms with Crippen molar-refractivity contribution in [1.29, 1.82) is 0 Å². The Morgan fingerprint density at radius 2 is 2.23 bits per heavy atom. The van der Waals surface area contributed by atoms with E-state index < -0.39 is 5.82 Å². The summed E-state index contributed by atoms with van der Waals surface area (Å²) < 4.78 is 13.2. The number of ketones is 1. The van der Waals surface area contributed by atoms with Crippen LogP contribution in [0.3, 0.4) is 0 Å². The van der Waals surface area contributed by atoms with Gasteiger partial charge in [-0.1, -0.05) is 33.6 Å². The maximum Gasteiger partial charge on any atom is 0.166 e. The average Bonchev–Trinajstić information content (AvgIpc) is 2.10. The van der Waals surface area contributed by atoms with Gasteiger partial charge in [0.05, 0.1) is 10.6 Å². The van der Waals surface area contributed by atoms with E-state index in [1.165, 1.54) is 12.1 Å². The summed E-state index contributed by atoms with van der Waals surface area (Å²) in [5.41, 5.74) is 0.0620. The van der Waals surface area contributed by atoms with Gasteiger partial charge in [-0.3, -0.25) is 4.79 Å². The fraction of sp³-hybridized carbons (Fsp3) is 0.222. The number of hydrogen-bond donors (Lipinski definition) is 0. The lowest BCUT2D eigenvalue weighted by atomic mass is 10.1. The molecule has 4 heteroatoms. The van der Waals surface area contributed by atoms with Crippen molar-refractivity contribution in [2.24, 2.45) is 0 Å². The molecular formula is C9H7BrClFO. The van der Waals surface area contributed by atoms with E-state index in [2.05, 4.69) is 15.9 Å². The first-order chi connectivity index (χ1) is 6.16. The maximum atomic E-state index is 13.2. The molecule has 1 nitrogen and oxygen atoms in total. The molecule has 1 rings (SSSR count). The average molecular weight is 266 g/mol. The second kappa shape index (κ2) is 4.72. The van der Waals surface area contributed by atoms with Crippen molar-refractivity contribution < 1.29 is 9.18 Å². The van der Waals surface area contributed by atoms with Gasteiger partial charge in [0.15, 0.2) is 11.6 Å². The van der Waals surface area contributed by atoms with E-state index in [-0.39, 0.29) is 22.8 Å². The predicted octanol–water partition coefficient (Wildman–Crippen LogP) is 3.45. The van der Waals surface area contributed by atoms with Gasteiger partial charge < -0.3 is 0 Å². The molecule has 0 heterocycles. The zero-order chi connectivity index (χ0) is 9.84. The molecule has 0 aliphatic carbocycles. The van der Waals surface area contributed by atoms with Gasteiger partial charge in [0.25, 0.3) is 0 Å². The fourth-order valence-electron chi connectivity index (χ4n) is 0.940. The largest absolute Gasteiger partial charge is 0.294 e. The third kappa shape index (κ3) is 2.51. The lowest BCUT2D eigenvalue weighted by molar-refractivity contribution is 0.0986. The lowest BCUT2D eigenvalue weighted by Crippen LogP contribution is -2.02. The van der Waals surface area contributed by atoms with Crippen LogP contribution >= 0.6 is 27.5 Å². The molecule has 1 aromatic carbocycles. The van der Waals surface area contributed by atoms with E-state index in [1.54, 1.807) is 6.07 Å². The van der Waals surface area contributed by atoms with Gasteiger partial charge in [0, 0.05) is 11.8 Å². The van der Waals surface area contributed by atoms with Crippen molar-refractivity contribution in [3.8, 4) is 0 Å². The molecule has 0 unspecified atom stereocenters. The monoisotopic (exact) mass is 264 g/mol. The third-order valence-corrected chi connectivity index (χ3v) is 2.26. The van der Waals surface area contributed by atoms with Crippen LogP contribution in [0.5, 0.6) is 0 Å². The maximum absolute atomic E-state index is 13.2. The van der Waals surface area contributed by atoms with Gasteiger partial charge >= 0.3 is 0 Å². The highest BCUT2D eigenvalue weighted by atomic mass is 79.9. The van der Waals surface area contributed by atoms with Crippen molar-refractivity contribution in [2.75, 3.05) is 5.33 Å². The number of benzene rings is 1. The van der Waals surface area contributed by atoms with Crippen LogP contribution in [-0.4, -0.2) is 11.1 Å². The van der Waals surface area contributed by atoms with Crippen LogP contribution in [0.15, 0.2) is 18.2 Å². The number of hydrogen-bond acceptors (Lipinski definition) is 1. The summed E-state index contributed by atoms with van der Waals surface area (Å²) >= 11 is 8.63. The molecule has 0 saturated heterocycles. The van der Waals surface area contributed by atoms with Gasteiger partial charge in [-0.05, 0) is 12.1 Å². The first-order valence-corrected chi connectivity index (χ1v) is 5.20. The summed E-state index contributed by atoms with van der Waals surface area (Å²) in [5.74, 6) is -0.869. The van der Waals surface area contributed by atoms with Crippen LogP contribution in [0.2, 0.25) is 5.02 Å². The Morgan fingerprint density at radius 3 is 2.85 bits per heavy atom. The highest BCUT2D eigenvalue weighted by Crippen LogP contribution is 2.19. The normalized spacial score (nSPS) is 10.1. The molecule has 0 spiro atoms. The number of carbonyl (C=O) groups excluding carboxylic acids is 1. The quantitative estimate of drug-likeness (QED) is 0.604. The molecule has 0 N–H and O–H groups in total. The van der Waals surface area contributed by atoms with Crippen molar-refractivity contribution in [1.82, 2.24) is 0 Å². The van der Waals surface area contributed by atoms with E-state index in [0.29, 0.717) is 5.33 Å². The number of carbonyl (C=O) groups is 1. The minimum Gasteiger partial charge on any atom is -0.294 e. The van der Waals surface area contributed by atoms with Crippen LogP contribution in [-0.2, 0) is 0 Å². The highest BCUT2D eigenvalue weighted by molar-refractivity contribution is 9.09. The molecule has 0 radical (unpaired) electrons. The first kappa shape index (κ1) is 10.7. The molecule has 0 aliphatic heterocycles. The summed E-state index contributed by atoms with van der Waals surface area (Å²) in [6, 6.07) is 4.42. The van der Waals surface area contributed by atoms with E-state index in [9.17, 15) is 9.18 Å². The molecule has 70 valence electrons. The smallest absolute Gasteiger partial charge is 0.166 e. The van der Waals surface area contributed by atoms with Crippen molar-refractivity contribution in [3.05, 3.63) is 34.6 Å². The van der Waals surface area contributed by atoms with E-state index >= 15 is 0 Å². The molecule has 0 aliphatic rings. The Balaban J connectivity index is 3.01. The van der Waals surface area contributed by atoms with Crippen molar-refractivity contribution in [2.45, 2.75) is 6.42 Å². The molecule has 0 saturated carbocycles. The van der Waals surface area contributed by atoms with E-state index in [0.717, 1.165) is 0 Å². The minimum absolute atomic E-state index is 0.0135. The molecule has 0 aromatic heterocycles. The van der Waals surface area contributed by atoms with Gasteiger partial charge in [0.2, 0.25) is 0 Å². The van der Waals surface area contributed by atoms with Gasteiger partial charge in [0.1, 0.15) is 0 Å². The predicted molar refractivity (Wildman–Crippen MR) is 54.2 cm³/mol. The Morgan fingerprint density at radius 1 is 1.54 bits per heavy atom. The molecule has 0 bridgehead atoms. The van der Waals surface area contributed by atoms with Gasteiger partial charge in [-0.25, -0.2) is 4.39 Å². The Bertz CT molecular complexity index is 327. The summed E-state index contributed by atoms with van der Waals surface area (Å²) in [7, 11) is 0. The second-order valence-corrected chi connectivity index (χ2v) is 3.66. The van der Waals surface area contributed by atoms with Gasteiger partial charge in [-0.15, -0.1) is 0 Å². The molecule has 0 fully saturated rings. The van der Waals surface area contributed by atoms with E-state index in [1.807, 2.05) is 0 Å². The minimum atomic E-state index is -0.630. The topological polar surface area (TPSA) is 17.1 Å². The third-order valence-electron chi connectivity index (χ3n) is 1.57. The fourth-order valence-corrected chi connectivity index (χ4v) is 1.47. The zero-order valence-electron chi connectivity index (χ0n) is 6.69. The zero-order valence-corrected chi connectivity index (χ0v) is 9.03. The van der Waals surface area contributed by atoms with Crippen LogP contribution in [0.25, 0.3) is 0 Å². The van der Waals surface area contributed by atoms with Crippen LogP contribution < -0.4 is 0 Å². The van der Waals surface area contributed by atoms with Crippen LogP contribution in [0.4, 0.5) is 4.39 Å². The van der Waals surface area contributed by atoms with Crippen LogP contribution in [0, 0.1) is 5.82 Å². The Labute approximate surface area is 89.0 Å². The number of halogens is 3. The van der Waals surface area contributed by atoms with Crippen molar-refractivity contribution in [3.63, 3.8) is 0 Å². The Hall–Kier alpha value is -0.410. The lowest BCUT2D eigenvalue weighted by Gasteiger charge is -2.01. The Kier molecular flexibility index (Phi) is 3.88. The number of Topliss-reactive ketones (excluding diaryl/α,β-unsaturated/α-hetero) is 1. The standard InChI is InChI=1S/C9H7BrClFO/c10-5-4-8(13)6-2-1-3-7(11)9(6)12/h1-3H,4-5H2. The molecule has 13 heavy (non-hydrogen) atoms. The number of alkyl halides is 1.